The molecule has 3 rings (SSSR count). The minimum atomic E-state index is -0.180. The summed E-state index contributed by atoms with van der Waals surface area (Å²) in [4.78, 5) is 2.44. The van der Waals surface area contributed by atoms with E-state index in [2.05, 4.69) is 42.2 Å². The van der Waals surface area contributed by atoms with Crippen molar-refractivity contribution in [2.75, 3.05) is 19.7 Å². The van der Waals surface area contributed by atoms with Gasteiger partial charge in [-0.05, 0) is 37.7 Å². The second kappa shape index (κ2) is 6.25. The highest BCUT2D eigenvalue weighted by Crippen LogP contribution is 2.35. The molecule has 0 aromatic heterocycles. The summed E-state index contributed by atoms with van der Waals surface area (Å²) in [5, 5.41) is 10.4. The van der Waals surface area contributed by atoms with Crippen molar-refractivity contribution in [2.45, 2.75) is 50.4 Å². The van der Waals surface area contributed by atoms with Crippen LogP contribution in [0.4, 0.5) is 0 Å². The molecule has 110 valence electrons. The molecule has 4 unspecified atom stereocenters. The molecule has 3 nitrogen and oxygen atoms in total. The summed E-state index contributed by atoms with van der Waals surface area (Å²) in [7, 11) is 0. The summed E-state index contributed by atoms with van der Waals surface area (Å²) in [6.45, 7) is 4.81. The van der Waals surface area contributed by atoms with Crippen LogP contribution in [0.1, 0.15) is 37.7 Å². The van der Waals surface area contributed by atoms with Crippen LogP contribution < -0.4 is 0 Å². The van der Waals surface area contributed by atoms with Gasteiger partial charge < -0.3 is 9.84 Å². The van der Waals surface area contributed by atoms with E-state index in [1.165, 1.54) is 5.56 Å². The normalized spacial score (nSPS) is 35.9. The zero-order chi connectivity index (χ0) is 13.9. The fourth-order valence-corrected chi connectivity index (χ4v) is 3.70. The van der Waals surface area contributed by atoms with Crippen molar-refractivity contribution >= 4 is 0 Å². The molecule has 3 heteroatoms. The highest BCUT2D eigenvalue weighted by Gasteiger charge is 2.35. The zero-order valence-corrected chi connectivity index (χ0v) is 12.2. The average Bonchev–Trinajstić information content (AvgIpc) is 2.48. The maximum atomic E-state index is 10.4. The third kappa shape index (κ3) is 3.05. The Labute approximate surface area is 121 Å². The van der Waals surface area contributed by atoms with Gasteiger partial charge in [0.1, 0.15) is 0 Å². The summed E-state index contributed by atoms with van der Waals surface area (Å²) < 4.78 is 5.62. The van der Waals surface area contributed by atoms with Crippen LogP contribution in [-0.4, -0.2) is 48.0 Å². The second-order valence-corrected chi connectivity index (χ2v) is 6.23. The first-order valence-electron chi connectivity index (χ1n) is 7.82. The maximum absolute atomic E-state index is 10.4. The number of rotatable bonds is 2. The standard InChI is InChI=1S/C17H25NO2/c1-13-12-18(9-10-20-13)16-11-15(7-8-17(16)19)14-5-3-2-4-6-14/h2-6,13,15-17,19H,7-12H2,1H3. The van der Waals surface area contributed by atoms with Gasteiger partial charge in [-0.2, -0.15) is 0 Å². The van der Waals surface area contributed by atoms with Crippen molar-refractivity contribution in [2.24, 2.45) is 0 Å². The Morgan fingerprint density at radius 2 is 2.00 bits per heavy atom. The Hall–Kier alpha value is -0.900. The minimum absolute atomic E-state index is 0.180. The number of aliphatic hydroxyl groups is 1. The highest BCUT2D eigenvalue weighted by molar-refractivity contribution is 5.20. The number of aliphatic hydroxyl groups excluding tert-OH is 1. The van der Waals surface area contributed by atoms with Crippen LogP contribution >= 0.6 is 0 Å². The average molecular weight is 275 g/mol. The van der Waals surface area contributed by atoms with Crippen LogP contribution in [0.25, 0.3) is 0 Å². The Balaban J connectivity index is 1.70. The van der Waals surface area contributed by atoms with Crippen molar-refractivity contribution in [1.82, 2.24) is 4.90 Å². The Morgan fingerprint density at radius 1 is 1.20 bits per heavy atom. The van der Waals surface area contributed by atoms with Gasteiger partial charge in [0.15, 0.2) is 0 Å². The van der Waals surface area contributed by atoms with Gasteiger partial charge in [-0.25, -0.2) is 0 Å². The first-order chi connectivity index (χ1) is 9.74. The molecule has 1 saturated carbocycles. The summed E-state index contributed by atoms with van der Waals surface area (Å²) in [5.74, 6) is 0.586. The molecule has 1 aliphatic carbocycles. The number of hydrogen-bond acceptors (Lipinski definition) is 3. The zero-order valence-electron chi connectivity index (χ0n) is 12.2. The van der Waals surface area contributed by atoms with Gasteiger partial charge in [0.25, 0.3) is 0 Å². The first kappa shape index (κ1) is 14.1. The van der Waals surface area contributed by atoms with Crippen LogP contribution in [-0.2, 0) is 4.74 Å². The molecular formula is C17H25NO2. The van der Waals surface area contributed by atoms with Crippen molar-refractivity contribution in [3.05, 3.63) is 35.9 Å². The van der Waals surface area contributed by atoms with Crippen LogP contribution in [0, 0.1) is 0 Å². The van der Waals surface area contributed by atoms with Crippen LogP contribution in [0.5, 0.6) is 0 Å². The maximum Gasteiger partial charge on any atom is 0.0695 e. The lowest BCUT2D eigenvalue weighted by molar-refractivity contribution is -0.0691. The molecule has 0 bridgehead atoms. The summed E-state index contributed by atoms with van der Waals surface area (Å²) >= 11 is 0. The lowest BCUT2D eigenvalue weighted by Gasteiger charge is -2.43. The van der Waals surface area contributed by atoms with Crippen LogP contribution in [0.3, 0.4) is 0 Å². The summed E-state index contributed by atoms with van der Waals surface area (Å²) in [6, 6.07) is 11.0. The second-order valence-electron chi connectivity index (χ2n) is 6.23. The summed E-state index contributed by atoms with van der Waals surface area (Å²) in [6.07, 6.45) is 3.18. The van der Waals surface area contributed by atoms with E-state index in [-0.39, 0.29) is 12.2 Å². The van der Waals surface area contributed by atoms with E-state index in [1.54, 1.807) is 0 Å². The lowest BCUT2D eigenvalue weighted by atomic mass is 9.79. The number of nitrogens with zero attached hydrogens (tertiary/aromatic N) is 1. The molecule has 2 fully saturated rings. The van der Waals surface area contributed by atoms with Gasteiger partial charge in [0, 0.05) is 19.1 Å². The summed E-state index contributed by atoms with van der Waals surface area (Å²) in [5.41, 5.74) is 1.42. The molecule has 1 aliphatic heterocycles. The van der Waals surface area contributed by atoms with Crippen LogP contribution in [0.15, 0.2) is 30.3 Å². The molecule has 0 amide bonds. The largest absolute Gasteiger partial charge is 0.391 e. The molecule has 2 aliphatic rings. The number of ether oxygens (including phenoxy) is 1. The molecule has 1 heterocycles. The van der Waals surface area contributed by atoms with Gasteiger partial charge >= 0.3 is 0 Å². The van der Waals surface area contributed by atoms with Gasteiger partial charge in [0.05, 0.1) is 18.8 Å². The fourth-order valence-electron chi connectivity index (χ4n) is 3.70. The van der Waals surface area contributed by atoms with Crippen LogP contribution in [0.2, 0.25) is 0 Å². The molecular weight excluding hydrogens is 250 g/mol. The molecule has 1 aromatic carbocycles. The smallest absolute Gasteiger partial charge is 0.0695 e. The van der Waals surface area contributed by atoms with Crippen molar-refractivity contribution < 1.29 is 9.84 Å². The van der Waals surface area contributed by atoms with Crippen molar-refractivity contribution in [3.8, 4) is 0 Å². The molecule has 1 saturated heterocycles. The third-order valence-corrected chi connectivity index (χ3v) is 4.79. The Morgan fingerprint density at radius 3 is 2.75 bits per heavy atom. The molecule has 1 aromatic rings. The monoisotopic (exact) mass is 275 g/mol. The van der Waals surface area contributed by atoms with E-state index in [4.69, 9.17) is 4.74 Å². The topological polar surface area (TPSA) is 32.7 Å². The molecule has 0 radical (unpaired) electrons. The number of morpholine rings is 1. The van der Waals surface area contributed by atoms with Gasteiger partial charge in [-0.15, -0.1) is 0 Å². The molecule has 20 heavy (non-hydrogen) atoms. The van der Waals surface area contributed by atoms with E-state index in [0.717, 1.165) is 39.0 Å². The molecule has 1 N–H and O–H groups in total. The van der Waals surface area contributed by atoms with Gasteiger partial charge in [0.2, 0.25) is 0 Å². The third-order valence-electron chi connectivity index (χ3n) is 4.79. The molecule has 4 atom stereocenters. The highest BCUT2D eigenvalue weighted by atomic mass is 16.5. The Bertz CT molecular complexity index is 422. The minimum Gasteiger partial charge on any atom is -0.391 e. The van der Waals surface area contributed by atoms with E-state index < -0.39 is 0 Å². The lowest BCUT2D eigenvalue weighted by Crippen LogP contribution is -2.53. The Kier molecular flexibility index (Phi) is 4.39. The quantitative estimate of drug-likeness (QED) is 0.899. The van der Waals surface area contributed by atoms with Gasteiger partial charge in [-0.3, -0.25) is 4.90 Å². The van der Waals surface area contributed by atoms with Crippen molar-refractivity contribution in [1.29, 1.82) is 0 Å². The number of hydrogen-bond donors (Lipinski definition) is 1. The predicted molar refractivity (Wildman–Crippen MR) is 79.8 cm³/mol. The molecule has 0 spiro atoms. The number of benzene rings is 1. The van der Waals surface area contributed by atoms with E-state index >= 15 is 0 Å². The SMILES string of the molecule is CC1CN(C2CC(c3ccccc3)CCC2O)CCO1. The van der Waals surface area contributed by atoms with E-state index in [0.29, 0.717) is 12.0 Å². The fraction of sp³-hybridized carbons (Fsp3) is 0.647. The van der Waals surface area contributed by atoms with Crippen molar-refractivity contribution in [3.63, 3.8) is 0 Å². The van der Waals surface area contributed by atoms with E-state index in [9.17, 15) is 5.11 Å². The van der Waals surface area contributed by atoms with Gasteiger partial charge in [-0.1, -0.05) is 30.3 Å². The van der Waals surface area contributed by atoms with E-state index in [1.807, 2.05) is 0 Å². The first-order valence-corrected chi connectivity index (χ1v) is 7.82. The predicted octanol–water partition coefficient (Wildman–Crippen LogP) is 2.40.